The van der Waals surface area contributed by atoms with Crippen LogP contribution in [-0.2, 0) is 0 Å². The van der Waals surface area contributed by atoms with Crippen LogP contribution in [0.1, 0.15) is 24.9 Å². The van der Waals surface area contributed by atoms with Crippen molar-refractivity contribution in [3.63, 3.8) is 0 Å². The molecule has 0 aliphatic heterocycles. The van der Waals surface area contributed by atoms with Gasteiger partial charge in [-0.05, 0) is 42.8 Å². The van der Waals surface area contributed by atoms with Gasteiger partial charge in [0, 0.05) is 16.1 Å². The van der Waals surface area contributed by atoms with Crippen LogP contribution in [0.3, 0.4) is 0 Å². The van der Waals surface area contributed by atoms with E-state index in [1.165, 1.54) is 11.6 Å². The second-order valence-electron chi connectivity index (χ2n) is 4.50. The molecule has 19 heavy (non-hydrogen) atoms. The summed E-state index contributed by atoms with van der Waals surface area (Å²) >= 11 is 3.38. The smallest absolute Gasteiger partial charge is 0.131 e. The predicted octanol–water partition coefficient (Wildman–Crippen LogP) is 4.93. The summed E-state index contributed by atoms with van der Waals surface area (Å²) in [6.07, 6.45) is 1.03. The minimum atomic E-state index is -0.198. The molecule has 3 heteroatoms. The first-order valence-electron chi connectivity index (χ1n) is 6.38. The molecule has 1 unspecified atom stereocenters. The van der Waals surface area contributed by atoms with E-state index in [1.807, 2.05) is 19.2 Å². The Morgan fingerprint density at radius 1 is 1.16 bits per heavy atom. The molecule has 0 saturated carbocycles. The van der Waals surface area contributed by atoms with Gasteiger partial charge in [-0.25, -0.2) is 4.39 Å². The Balaban J connectivity index is 2.34. The highest BCUT2D eigenvalue weighted by Crippen LogP contribution is 2.27. The standard InChI is InChI=1S/C16H17BrFN/c1-3-16(19-2)12-6-4-11(5-7-12)14-10-13(17)8-9-15(14)18/h4-10,16,19H,3H2,1-2H3. The average molecular weight is 322 g/mol. The number of benzene rings is 2. The second-order valence-corrected chi connectivity index (χ2v) is 5.41. The lowest BCUT2D eigenvalue weighted by Crippen LogP contribution is -2.14. The first-order valence-corrected chi connectivity index (χ1v) is 7.17. The van der Waals surface area contributed by atoms with Crippen LogP contribution in [0.4, 0.5) is 4.39 Å². The molecule has 0 aliphatic rings. The van der Waals surface area contributed by atoms with Crippen LogP contribution in [0, 0.1) is 5.82 Å². The molecule has 0 fully saturated rings. The zero-order valence-electron chi connectivity index (χ0n) is 11.1. The highest BCUT2D eigenvalue weighted by Gasteiger charge is 2.09. The third kappa shape index (κ3) is 3.23. The van der Waals surface area contributed by atoms with E-state index in [0.717, 1.165) is 16.5 Å². The largest absolute Gasteiger partial charge is 0.313 e. The van der Waals surface area contributed by atoms with E-state index in [0.29, 0.717) is 11.6 Å². The van der Waals surface area contributed by atoms with Gasteiger partial charge in [0.25, 0.3) is 0 Å². The van der Waals surface area contributed by atoms with Crippen molar-refractivity contribution in [3.05, 3.63) is 58.3 Å². The van der Waals surface area contributed by atoms with E-state index in [1.54, 1.807) is 12.1 Å². The molecule has 2 rings (SSSR count). The van der Waals surface area contributed by atoms with Crippen molar-refractivity contribution in [2.75, 3.05) is 7.05 Å². The topological polar surface area (TPSA) is 12.0 Å². The summed E-state index contributed by atoms with van der Waals surface area (Å²) in [4.78, 5) is 0. The number of rotatable bonds is 4. The van der Waals surface area contributed by atoms with Crippen molar-refractivity contribution in [1.82, 2.24) is 5.32 Å². The van der Waals surface area contributed by atoms with E-state index < -0.39 is 0 Å². The molecule has 2 aromatic rings. The molecule has 1 atom stereocenters. The summed E-state index contributed by atoms with van der Waals surface area (Å²) in [7, 11) is 1.95. The van der Waals surface area contributed by atoms with Crippen LogP contribution in [0.2, 0.25) is 0 Å². The zero-order chi connectivity index (χ0) is 13.8. The van der Waals surface area contributed by atoms with Crippen molar-refractivity contribution in [2.45, 2.75) is 19.4 Å². The fraction of sp³-hybridized carbons (Fsp3) is 0.250. The molecule has 0 amide bonds. The molecule has 2 aromatic carbocycles. The summed E-state index contributed by atoms with van der Waals surface area (Å²) in [5, 5.41) is 3.27. The van der Waals surface area contributed by atoms with Gasteiger partial charge in [-0.1, -0.05) is 47.1 Å². The van der Waals surface area contributed by atoms with Crippen molar-refractivity contribution in [3.8, 4) is 11.1 Å². The van der Waals surface area contributed by atoms with Gasteiger partial charge in [-0.3, -0.25) is 0 Å². The van der Waals surface area contributed by atoms with Gasteiger partial charge in [0.2, 0.25) is 0 Å². The average Bonchev–Trinajstić information content (AvgIpc) is 2.44. The van der Waals surface area contributed by atoms with Crippen LogP contribution in [0.25, 0.3) is 11.1 Å². The molecule has 0 spiro atoms. The van der Waals surface area contributed by atoms with Gasteiger partial charge < -0.3 is 5.32 Å². The van der Waals surface area contributed by atoms with E-state index in [4.69, 9.17) is 0 Å². The van der Waals surface area contributed by atoms with Gasteiger partial charge in [-0.2, -0.15) is 0 Å². The van der Waals surface area contributed by atoms with Crippen LogP contribution in [-0.4, -0.2) is 7.05 Å². The Kier molecular flexibility index (Phi) is 4.72. The lowest BCUT2D eigenvalue weighted by molar-refractivity contribution is 0.577. The molecular weight excluding hydrogens is 305 g/mol. The third-order valence-corrected chi connectivity index (χ3v) is 3.80. The normalized spacial score (nSPS) is 12.4. The number of hydrogen-bond acceptors (Lipinski definition) is 1. The van der Waals surface area contributed by atoms with Crippen molar-refractivity contribution in [1.29, 1.82) is 0 Å². The zero-order valence-corrected chi connectivity index (χ0v) is 12.7. The van der Waals surface area contributed by atoms with Crippen molar-refractivity contribution < 1.29 is 4.39 Å². The summed E-state index contributed by atoms with van der Waals surface area (Å²) in [6.45, 7) is 2.14. The van der Waals surface area contributed by atoms with Crippen molar-refractivity contribution >= 4 is 15.9 Å². The first kappa shape index (κ1) is 14.2. The van der Waals surface area contributed by atoms with Crippen LogP contribution in [0.15, 0.2) is 46.9 Å². The monoisotopic (exact) mass is 321 g/mol. The van der Waals surface area contributed by atoms with Gasteiger partial charge in [-0.15, -0.1) is 0 Å². The first-order chi connectivity index (χ1) is 9.15. The fourth-order valence-corrected chi connectivity index (χ4v) is 2.58. The van der Waals surface area contributed by atoms with E-state index >= 15 is 0 Å². The van der Waals surface area contributed by atoms with Gasteiger partial charge in [0.15, 0.2) is 0 Å². The Morgan fingerprint density at radius 2 is 1.84 bits per heavy atom. The molecule has 0 heterocycles. The Bertz CT molecular complexity index is 547. The molecule has 1 nitrogen and oxygen atoms in total. The Morgan fingerprint density at radius 3 is 2.42 bits per heavy atom. The fourth-order valence-electron chi connectivity index (χ4n) is 2.22. The minimum absolute atomic E-state index is 0.198. The predicted molar refractivity (Wildman–Crippen MR) is 81.6 cm³/mol. The molecule has 0 saturated heterocycles. The lowest BCUT2D eigenvalue weighted by Gasteiger charge is -2.14. The molecule has 0 aliphatic carbocycles. The summed E-state index contributed by atoms with van der Waals surface area (Å²) in [5.74, 6) is -0.198. The van der Waals surface area contributed by atoms with Gasteiger partial charge >= 0.3 is 0 Å². The molecular formula is C16H17BrFN. The van der Waals surface area contributed by atoms with Gasteiger partial charge in [0.1, 0.15) is 5.82 Å². The lowest BCUT2D eigenvalue weighted by atomic mass is 9.99. The Hall–Kier alpha value is -1.19. The second kappa shape index (κ2) is 6.31. The van der Waals surface area contributed by atoms with E-state index in [-0.39, 0.29) is 5.82 Å². The molecule has 100 valence electrons. The van der Waals surface area contributed by atoms with E-state index in [9.17, 15) is 4.39 Å². The number of nitrogens with one attached hydrogen (secondary N) is 1. The van der Waals surface area contributed by atoms with Crippen LogP contribution in [0.5, 0.6) is 0 Å². The SMILES string of the molecule is CCC(NC)c1ccc(-c2cc(Br)ccc2F)cc1. The molecule has 0 radical (unpaired) electrons. The maximum absolute atomic E-state index is 13.8. The number of halogens is 2. The summed E-state index contributed by atoms with van der Waals surface area (Å²) in [5.41, 5.74) is 2.75. The van der Waals surface area contributed by atoms with E-state index in [2.05, 4.69) is 40.3 Å². The van der Waals surface area contributed by atoms with Gasteiger partial charge in [0.05, 0.1) is 0 Å². The quantitative estimate of drug-likeness (QED) is 0.842. The van der Waals surface area contributed by atoms with Crippen LogP contribution < -0.4 is 5.32 Å². The number of hydrogen-bond donors (Lipinski definition) is 1. The molecule has 0 bridgehead atoms. The third-order valence-electron chi connectivity index (χ3n) is 3.31. The summed E-state index contributed by atoms with van der Waals surface area (Å²) in [6, 6.07) is 13.4. The maximum atomic E-state index is 13.8. The summed E-state index contributed by atoms with van der Waals surface area (Å²) < 4.78 is 14.7. The highest BCUT2D eigenvalue weighted by atomic mass is 79.9. The molecule has 0 aromatic heterocycles. The molecule has 1 N–H and O–H groups in total. The van der Waals surface area contributed by atoms with Crippen LogP contribution >= 0.6 is 15.9 Å². The minimum Gasteiger partial charge on any atom is -0.313 e. The Labute approximate surface area is 122 Å². The van der Waals surface area contributed by atoms with Crippen molar-refractivity contribution in [2.24, 2.45) is 0 Å². The highest BCUT2D eigenvalue weighted by molar-refractivity contribution is 9.10. The maximum Gasteiger partial charge on any atom is 0.131 e.